The molecule has 0 saturated heterocycles. The van der Waals surface area contributed by atoms with Crippen LogP contribution < -0.4 is 10.0 Å². The van der Waals surface area contributed by atoms with E-state index in [1.165, 1.54) is 0 Å². The lowest BCUT2D eigenvalue weighted by atomic mass is 10.3. The monoisotopic (exact) mass is 328 g/mol. The Morgan fingerprint density at radius 1 is 1.29 bits per heavy atom. The van der Waals surface area contributed by atoms with E-state index in [4.69, 9.17) is 0 Å². The van der Waals surface area contributed by atoms with Crippen molar-refractivity contribution in [3.63, 3.8) is 0 Å². The SMILES string of the molecule is CCCNc1ccccc1S(=O)(=O)NC1CCCC1SC. The van der Waals surface area contributed by atoms with Crippen molar-refractivity contribution >= 4 is 27.5 Å². The number of benzene rings is 1. The quantitative estimate of drug-likeness (QED) is 0.807. The van der Waals surface area contributed by atoms with Crippen LogP contribution in [0.25, 0.3) is 0 Å². The predicted molar refractivity (Wildman–Crippen MR) is 90.5 cm³/mol. The first-order chi connectivity index (χ1) is 10.1. The predicted octanol–water partition coefficient (Wildman–Crippen LogP) is 3.07. The van der Waals surface area contributed by atoms with Crippen molar-refractivity contribution in [2.45, 2.75) is 48.8 Å². The number of hydrogen-bond acceptors (Lipinski definition) is 4. The van der Waals surface area contributed by atoms with Crippen molar-refractivity contribution in [2.75, 3.05) is 18.1 Å². The summed E-state index contributed by atoms with van der Waals surface area (Å²) in [6.07, 6.45) is 6.11. The average Bonchev–Trinajstić information content (AvgIpc) is 2.91. The Labute approximate surface area is 132 Å². The molecule has 1 aliphatic carbocycles. The van der Waals surface area contributed by atoms with Crippen LogP contribution in [-0.4, -0.2) is 32.5 Å². The van der Waals surface area contributed by atoms with E-state index in [9.17, 15) is 8.42 Å². The summed E-state index contributed by atoms with van der Waals surface area (Å²) in [7, 11) is -3.47. The Kier molecular flexibility index (Phi) is 5.96. The molecule has 118 valence electrons. The van der Waals surface area contributed by atoms with Gasteiger partial charge < -0.3 is 5.32 Å². The smallest absolute Gasteiger partial charge is 0.242 e. The zero-order chi connectivity index (χ0) is 15.3. The zero-order valence-electron chi connectivity index (χ0n) is 12.6. The second kappa shape index (κ2) is 7.51. The third-order valence-corrected chi connectivity index (χ3v) is 6.52. The summed E-state index contributed by atoms with van der Waals surface area (Å²) in [4.78, 5) is 0.352. The molecule has 0 amide bonds. The fourth-order valence-electron chi connectivity index (χ4n) is 2.71. The Hall–Kier alpha value is -0.720. The second-order valence-corrected chi connectivity index (χ2v) is 8.12. The Bertz CT molecular complexity index is 561. The third-order valence-electron chi connectivity index (χ3n) is 3.80. The minimum atomic E-state index is -3.47. The maximum atomic E-state index is 12.7. The lowest BCUT2D eigenvalue weighted by Gasteiger charge is -2.20. The van der Waals surface area contributed by atoms with E-state index >= 15 is 0 Å². The summed E-state index contributed by atoms with van der Waals surface area (Å²) in [6.45, 7) is 2.83. The van der Waals surface area contributed by atoms with Crippen LogP contribution in [0.3, 0.4) is 0 Å². The van der Waals surface area contributed by atoms with Gasteiger partial charge in [0.05, 0.1) is 5.69 Å². The van der Waals surface area contributed by atoms with Crippen molar-refractivity contribution < 1.29 is 8.42 Å². The van der Waals surface area contributed by atoms with Crippen LogP contribution in [0.4, 0.5) is 5.69 Å². The molecule has 1 fully saturated rings. The Morgan fingerprint density at radius 3 is 2.76 bits per heavy atom. The van der Waals surface area contributed by atoms with Gasteiger partial charge in [0.2, 0.25) is 10.0 Å². The van der Waals surface area contributed by atoms with Crippen molar-refractivity contribution in [3.8, 4) is 0 Å². The van der Waals surface area contributed by atoms with E-state index in [-0.39, 0.29) is 6.04 Å². The summed E-state index contributed by atoms with van der Waals surface area (Å²) in [5.74, 6) is 0. The van der Waals surface area contributed by atoms with Crippen LogP contribution in [0.1, 0.15) is 32.6 Å². The van der Waals surface area contributed by atoms with E-state index in [0.29, 0.717) is 15.8 Å². The molecular formula is C15H24N2O2S2. The number of sulfonamides is 1. The van der Waals surface area contributed by atoms with E-state index in [2.05, 4.69) is 17.0 Å². The first-order valence-electron chi connectivity index (χ1n) is 7.46. The fourth-order valence-corrected chi connectivity index (χ4v) is 5.23. The van der Waals surface area contributed by atoms with Crippen LogP contribution in [-0.2, 0) is 10.0 Å². The summed E-state index contributed by atoms with van der Waals surface area (Å²) >= 11 is 1.75. The fraction of sp³-hybridized carbons (Fsp3) is 0.600. The van der Waals surface area contributed by atoms with Crippen LogP contribution >= 0.6 is 11.8 Å². The molecular weight excluding hydrogens is 304 g/mol. The number of thioether (sulfide) groups is 1. The summed E-state index contributed by atoms with van der Waals surface area (Å²) < 4.78 is 28.2. The molecule has 2 rings (SSSR count). The normalized spacial score (nSPS) is 22.4. The van der Waals surface area contributed by atoms with Crippen LogP contribution in [0.2, 0.25) is 0 Å². The number of hydrogen-bond donors (Lipinski definition) is 2. The third kappa shape index (κ3) is 4.14. The van der Waals surface area contributed by atoms with E-state index in [0.717, 1.165) is 32.2 Å². The van der Waals surface area contributed by atoms with Gasteiger partial charge in [0.25, 0.3) is 0 Å². The maximum absolute atomic E-state index is 12.7. The highest BCUT2D eigenvalue weighted by atomic mass is 32.2. The Balaban J connectivity index is 2.19. The number of para-hydroxylation sites is 1. The number of anilines is 1. The minimum absolute atomic E-state index is 0.0456. The topological polar surface area (TPSA) is 58.2 Å². The van der Waals surface area contributed by atoms with Gasteiger partial charge in [-0.3, -0.25) is 0 Å². The van der Waals surface area contributed by atoms with Crippen molar-refractivity contribution in [3.05, 3.63) is 24.3 Å². The van der Waals surface area contributed by atoms with Crippen molar-refractivity contribution in [2.24, 2.45) is 0 Å². The molecule has 1 aliphatic rings. The van der Waals surface area contributed by atoms with Gasteiger partial charge in [-0.1, -0.05) is 25.5 Å². The van der Waals surface area contributed by atoms with Gasteiger partial charge in [-0.05, 0) is 37.7 Å². The molecule has 4 nitrogen and oxygen atoms in total. The molecule has 21 heavy (non-hydrogen) atoms. The van der Waals surface area contributed by atoms with Crippen molar-refractivity contribution in [1.82, 2.24) is 4.72 Å². The molecule has 1 aromatic carbocycles. The molecule has 6 heteroatoms. The molecule has 0 aliphatic heterocycles. The van der Waals surface area contributed by atoms with E-state index in [1.54, 1.807) is 23.9 Å². The van der Waals surface area contributed by atoms with Gasteiger partial charge in [0.15, 0.2) is 0 Å². The van der Waals surface area contributed by atoms with Crippen LogP contribution in [0.5, 0.6) is 0 Å². The molecule has 1 aromatic rings. The first kappa shape index (κ1) is 16.6. The van der Waals surface area contributed by atoms with Gasteiger partial charge >= 0.3 is 0 Å². The van der Waals surface area contributed by atoms with E-state index in [1.807, 2.05) is 18.4 Å². The molecule has 2 unspecified atom stereocenters. The lowest BCUT2D eigenvalue weighted by Crippen LogP contribution is -2.38. The van der Waals surface area contributed by atoms with E-state index < -0.39 is 10.0 Å². The maximum Gasteiger partial charge on any atom is 0.242 e. The van der Waals surface area contributed by atoms with Gasteiger partial charge in [-0.25, -0.2) is 13.1 Å². The zero-order valence-corrected chi connectivity index (χ0v) is 14.3. The minimum Gasteiger partial charge on any atom is -0.384 e. The molecule has 1 saturated carbocycles. The molecule has 0 bridgehead atoms. The lowest BCUT2D eigenvalue weighted by molar-refractivity contribution is 0.555. The largest absolute Gasteiger partial charge is 0.384 e. The first-order valence-corrected chi connectivity index (χ1v) is 10.2. The van der Waals surface area contributed by atoms with Gasteiger partial charge in [-0.2, -0.15) is 11.8 Å². The van der Waals surface area contributed by atoms with Crippen LogP contribution in [0, 0.1) is 0 Å². The number of nitrogens with one attached hydrogen (secondary N) is 2. The summed E-state index contributed by atoms with van der Waals surface area (Å²) in [6, 6.07) is 7.17. The van der Waals surface area contributed by atoms with Gasteiger partial charge in [0, 0.05) is 17.8 Å². The molecule has 2 N–H and O–H groups in total. The summed E-state index contributed by atoms with van der Waals surface area (Å²) in [5.41, 5.74) is 0.686. The van der Waals surface area contributed by atoms with Crippen molar-refractivity contribution in [1.29, 1.82) is 0 Å². The summed E-state index contributed by atoms with van der Waals surface area (Å²) in [5, 5.41) is 3.58. The molecule has 2 atom stereocenters. The Morgan fingerprint density at radius 2 is 2.05 bits per heavy atom. The highest BCUT2D eigenvalue weighted by Crippen LogP contribution is 2.30. The molecule has 0 spiro atoms. The highest BCUT2D eigenvalue weighted by Gasteiger charge is 2.31. The van der Waals surface area contributed by atoms with Crippen LogP contribution in [0.15, 0.2) is 29.2 Å². The highest BCUT2D eigenvalue weighted by molar-refractivity contribution is 7.99. The molecule has 0 heterocycles. The average molecular weight is 329 g/mol. The second-order valence-electron chi connectivity index (χ2n) is 5.36. The van der Waals surface area contributed by atoms with Gasteiger partial charge in [-0.15, -0.1) is 0 Å². The van der Waals surface area contributed by atoms with Gasteiger partial charge in [0.1, 0.15) is 4.90 Å². The molecule has 0 radical (unpaired) electrons. The number of rotatable bonds is 7. The standard InChI is InChI=1S/C15H24N2O2S2/c1-3-11-16-13-7-4-5-10-15(13)21(18,19)17-12-8-6-9-14(12)20-2/h4-5,7,10,12,14,16-17H,3,6,8-9,11H2,1-2H3. The molecule has 0 aromatic heterocycles.